The molecule has 0 aliphatic carbocycles. The van der Waals surface area contributed by atoms with Crippen molar-refractivity contribution in [2.45, 2.75) is 19.3 Å². The van der Waals surface area contributed by atoms with Gasteiger partial charge in [-0.05, 0) is 25.9 Å². The minimum absolute atomic E-state index is 0.206. The number of carbonyl (C=O) groups is 1. The van der Waals surface area contributed by atoms with Crippen LogP contribution in [0.25, 0.3) is 0 Å². The molecule has 0 atom stereocenters. The number of hydrogen-bond donors (Lipinski definition) is 2. The van der Waals surface area contributed by atoms with E-state index in [4.69, 9.17) is 0 Å². The van der Waals surface area contributed by atoms with Gasteiger partial charge in [0, 0.05) is 52.2 Å². The van der Waals surface area contributed by atoms with Crippen molar-refractivity contribution in [3.8, 4) is 0 Å². The number of hydrogen-bond acceptors (Lipinski definition) is 4. The van der Waals surface area contributed by atoms with E-state index < -0.39 is 0 Å². The zero-order chi connectivity index (χ0) is 12.6. The lowest BCUT2D eigenvalue weighted by atomic mass is 10.3. The second-order valence-electron chi connectivity index (χ2n) is 5.24. The van der Waals surface area contributed by atoms with Gasteiger partial charge in [0.2, 0.25) is 5.91 Å². The van der Waals surface area contributed by atoms with Crippen LogP contribution in [0.15, 0.2) is 0 Å². The first kappa shape index (κ1) is 13.8. The molecule has 104 valence electrons. The van der Waals surface area contributed by atoms with E-state index in [1.807, 2.05) is 0 Å². The Balaban J connectivity index is 1.48. The number of carbonyl (C=O) groups excluding carboxylic acids is 1. The molecule has 0 aromatic rings. The van der Waals surface area contributed by atoms with Gasteiger partial charge in [-0.1, -0.05) is 0 Å². The molecule has 2 aliphatic rings. The molecule has 2 rings (SSSR count). The van der Waals surface area contributed by atoms with E-state index in [1.54, 1.807) is 0 Å². The fraction of sp³-hybridized carbons (Fsp3) is 0.923. The second kappa shape index (κ2) is 7.71. The summed E-state index contributed by atoms with van der Waals surface area (Å²) in [7, 11) is 0. The molecule has 1 amide bonds. The normalized spacial score (nSPS) is 22.2. The van der Waals surface area contributed by atoms with E-state index in [9.17, 15) is 4.79 Å². The lowest BCUT2D eigenvalue weighted by molar-refractivity contribution is -0.121. The quantitative estimate of drug-likeness (QED) is 0.670. The zero-order valence-corrected chi connectivity index (χ0v) is 11.3. The highest BCUT2D eigenvalue weighted by atomic mass is 16.1. The summed E-state index contributed by atoms with van der Waals surface area (Å²) < 4.78 is 0. The molecule has 0 unspecified atom stereocenters. The van der Waals surface area contributed by atoms with Gasteiger partial charge in [-0.3, -0.25) is 9.69 Å². The van der Waals surface area contributed by atoms with Crippen molar-refractivity contribution in [3.05, 3.63) is 0 Å². The number of piperazine rings is 1. The molecule has 5 heteroatoms. The largest absolute Gasteiger partial charge is 0.355 e. The zero-order valence-electron chi connectivity index (χ0n) is 11.3. The monoisotopic (exact) mass is 254 g/mol. The van der Waals surface area contributed by atoms with Crippen LogP contribution in [0, 0.1) is 0 Å². The van der Waals surface area contributed by atoms with Gasteiger partial charge in [0.25, 0.3) is 0 Å². The van der Waals surface area contributed by atoms with Crippen molar-refractivity contribution < 1.29 is 4.79 Å². The standard InChI is InChI=1S/C13H26N4O/c18-13(3-9-16-7-1-2-8-16)15-6-12-17-10-4-14-5-11-17/h14H,1-12H2,(H,15,18). The minimum Gasteiger partial charge on any atom is -0.355 e. The van der Waals surface area contributed by atoms with Crippen molar-refractivity contribution in [1.29, 1.82) is 0 Å². The molecule has 2 heterocycles. The van der Waals surface area contributed by atoms with E-state index in [1.165, 1.54) is 25.9 Å². The number of rotatable bonds is 6. The Kier molecular flexibility index (Phi) is 5.90. The predicted molar refractivity (Wildman–Crippen MR) is 72.6 cm³/mol. The lowest BCUT2D eigenvalue weighted by Crippen LogP contribution is -2.46. The highest BCUT2D eigenvalue weighted by Crippen LogP contribution is 2.07. The first-order chi connectivity index (χ1) is 8.84. The molecule has 2 fully saturated rings. The van der Waals surface area contributed by atoms with E-state index in [2.05, 4.69) is 20.4 Å². The third kappa shape index (κ3) is 4.92. The highest BCUT2D eigenvalue weighted by molar-refractivity contribution is 5.76. The summed E-state index contributed by atoms with van der Waals surface area (Å²) in [4.78, 5) is 16.5. The van der Waals surface area contributed by atoms with Gasteiger partial charge in [0.15, 0.2) is 0 Å². The average molecular weight is 254 g/mol. The van der Waals surface area contributed by atoms with Gasteiger partial charge < -0.3 is 15.5 Å². The van der Waals surface area contributed by atoms with E-state index in [0.717, 1.165) is 45.8 Å². The molecule has 0 aromatic heterocycles. The van der Waals surface area contributed by atoms with E-state index in [0.29, 0.717) is 6.42 Å². The second-order valence-corrected chi connectivity index (χ2v) is 5.24. The molecule has 2 saturated heterocycles. The van der Waals surface area contributed by atoms with Gasteiger partial charge >= 0.3 is 0 Å². The van der Waals surface area contributed by atoms with Crippen LogP contribution in [-0.2, 0) is 4.79 Å². The molecule has 18 heavy (non-hydrogen) atoms. The summed E-state index contributed by atoms with van der Waals surface area (Å²) in [5, 5.41) is 6.36. The molecule has 2 aliphatic heterocycles. The van der Waals surface area contributed by atoms with Crippen molar-refractivity contribution in [1.82, 2.24) is 20.4 Å². The van der Waals surface area contributed by atoms with Crippen LogP contribution in [0.5, 0.6) is 0 Å². The molecule has 2 N–H and O–H groups in total. The van der Waals surface area contributed by atoms with Crippen LogP contribution in [-0.4, -0.2) is 74.6 Å². The number of likely N-dealkylation sites (tertiary alicyclic amines) is 1. The Morgan fingerprint density at radius 3 is 2.39 bits per heavy atom. The van der Waals surface area contributed by atoms with Gasteiger partial charge in [-0.25, -0.2) is 0 Å². The smallest absolute Gasteiger partial charge is 0.221 e. The topological polar surface area (TPSA) is 47.6 Å². The summed E-state index contributed by atoms with van der Waals surface area (Å²) in [6, 6.07) is 0. The fourth-order valence-electron chi connectivity index (χ4n) is 2.64. The maximum absolute atomic E-state index is 11.7. The summed E-state index contributed by atoms with van der Waals surface area (Å²) in [6.45, 7) is 9.40. The van der Waals surface area contributed by atoms with Crippen LogP contribution in [0.2, 0.25) is 0 Å². The number of nitrogens with one attached hydrogen (secondary N) is 2. The predicted octanol–water partition coefficient (Wildman–Crippen LogP) is -0.506. The van der Waals surface area contributed by atoms with Crippen LogP contribution >= 0.6 is 0 Å². The Bertz CT molecular complexity index is 247. The average Bonchev–Trinajstić information content (AvgIpc) is 2.91. The summed E-state index contributed by atoms with van der Waals surface area (Å²) in [5.74, 6) is 0.206. The Labute approximate surface area is 110 Å². The SMILES string of the molecule is O=C(CCN1CCCC1)NCCN1CCNCC1. The van der Waals surface area contributed by atoms with Crippen LogP contribution in [0.3, 0.4) is 0 Å². The van der Waals surface area contributed by atoms with Crippen molar-refractivity contribution in [3.63, 3.8) is 0 Å². The molecule has 0 spiro atoms. The third-order valence-electron chi connectivity index (χ3n) is 3.81. The minimum atomic E-state index is 0.206. The summed E-state index contributed by atoms with van der Waals surface area (Å²) >= 11 is 0. The van der Waals surface area contributed by atoms with Gasteiger partial charge in [0.05, 0.1) is 0 Å². The van der Waals surface area contributed by atoms with Gasteiger partial charge in [0.1, 0.15) is 0 Å². The maximum atomic E-state index is 11.7. The van der Waals surface area contributed by atoms with Crippen LogP contribution in [0.1, 0.15) is 19.3 Å². The number of amides is 1. The van der Waals surface area contributed by atoms with Crippen molar-refractivity contribution in [2.24, 2.45) is 0 Å². The summed E-state index contributed by atoms with van der Waals surface area (Å²) in [5.41, 5.74) is 0. The fourth-order valence-corrected chi connectivity index (χ4v) is 2.64. The molecular formula is C13H26N4O. The van der Waals surface area contributed by atoms with Crippen molar-refractivity contribution in [2.75, 3.05) is 58.9 Å². The first-order valence-electron chi connectivity index (χ1n) is 7.27. The molecule has 0 saturated carbocycles. The van der Waals surface area contributed by atoms with E-state index >= 15 is 0 Å². The third-order valence-corrected chi connectivity index (χ3v) is 3.81. The lowest BCUT2D eigenvalue weighted by Gasteiger charge is -2.27. The Hall–Kier alpha value is -0.650. The maximum Gasteiger partial charge on any atom is 0.221 e. The first-order valence-corrected chi connectivity index (χ1v) is 7.27. The molecular weight excluding hydrogens is 228 g/mol. The number of nitrogens with zero attached hydrogens (tertiary/aromatic N) is 2. The van der Waals surface area contributed by atoms with Gasteiger partial charge in [-0.15, -0.1) is 0 Å². The Morgan fingerprint density at radius 1 is 1.00 bits per heavy atom. The Morgan fingerprint density at radius 2 is 1.67 bits per heavy atom. The summed E-state index contributed by atoms with van der Waals surface area (Å²) in [6.07, 6.45) is 3.25. The highest BCUT2D eigenvalue weighted by Gasteiger charge is 2.13. The van der Waals surface area contributed by atoms with E-state index in [-0.39, 0.29) is 5.91 Å². The van der Waals surface area contributed by atoms with Crippen LogP contribution < -0.4 is 10.6 Å². The molecule has 0 aromatic carbocycles. The van der Waals surface area contributed by atoms with Gasteiger partial charge in [-0.2, -0.15) is 0 Å². The van der Waals surface area contributed by atoms with Crippen LogP contribution in [0.4, 0.5) is 0 Å². The molecule has 0 bridgehead atoms. The molecule has 5 nitrogen and oxygen atoms in total. The molecule has 0 radical (unpaired) electrons. The van der Waals surface area contributed by atoms with Crippen molar-refractivity contribution >= 4 is 5.91 Å².